The number of nitrogens with zero attached hydrogens (tertiary/aromatic N) is 2. The van der Waals surface area contributed by atoms with E-state index in [2.05, 4.69) is 44.9 Å². The highest BCUT2D eigenvalue weighted by Gasteiger charge is 2.32. The summed E-state index contributed by atoms with van der Waals surface area (Å²) in [5.74, 6) is -1.07. The molecule has 2 aromatic heterocycles. The Morgan fingerprint density at radius 3 is 1.42 bits per heavy atom. The third-order valence-corrected chi connectivity index (χ3v) is 10.3. The van der Waals surface area contributed by atoms with Crippen LogP contribution < -0.4 is 29.6 Å². The van der Waals surface area contributed by atoms with Crippen LogP contribution in [0.4, 0.5) is 0 Å². The summed E-state index contributed by atoms with van der Waals surface area (Å²) in [5.41, 5.74) is 7.99. The molecule has 0 spiro atoms. The van der Waals surface area contributed by atoms with Gasteiger partial charge in [0.2, 0.25) is 23.5 Å². The van der Waals surface area contributed by atoms with Crippen LogP contribution in [0, 0.1) is 0 Å². The van der Waals surface area contributed by atoms with Crippen molar-refractivity contribution in [1.29, 1.82) is 0 Å². The first-order valence-electron chi connectivity index (χ1n) is 18.2. The lowest BCUT2D eigenvalue weighted by Gasteiger charge is -2.19. The van der Waals surface area contributed by atoms with E-state index in [1.54, 1.807) is 12.1 Å². The summed E-state index contributed by atoms with van der Waals surface area (Å²) in [6.45, 7) is 0.656. The normalized spacial score (nSPS) is 15.7. The average Bonchev–Trinajstić information content (AvgIpc) is 3.77. The standard InChI is InChI=1S/C40H44Cl2N4O10.4H2S/c1-53-37-21(17-43-19-23(47)15-35(49)50)13-31(41)39(45-37)55-33-11-9-27-25(5-3-7-29(27)33)26-6-4-8-30-28(26)10-12-34(30)56-40-32(42)14-22(38(46-40)54-2)18-44-20-24(48)16-36(51)52;;;;/h3-8,13-14,23-24,33-34,43-44,47-48H,9-12,15-20H2,1-2H3,(H,49,50)(H,51,52);4*1H2/t23-,24-,33-,34-;;;;/m0..../s1. The Bertz CT molecular complexity index is 1940. The maximum absolute atomic E-state index is 10.9. The number of halogens is 2. The molecule has 2 aromatic carbocycles. The van der Waals surface area contributed by atoms with Gasteiger partial charge in [-0.05, 0) is 71.2 Å². The molecule has 6 N–H and O–H groups in total. The van der Waals surface area contributed by atoms with Crippen molar-refractivity contribution in [3.63, 3.8) is 0 Å². The van der Waals surface area contributed by atoms with Crippen molar-refractivity contribution in [3.05, 3.63) is 92.0 Å². The van der Waals surface area contributed by atoms with E-state index < -0.39 is 24.1 Å². The van der Waals surface area contributed by atoms with Crippen LogP contribution in [0.25, 0.3) is 11.1 Å². The SMILES string of the molecule is COc1nc(O[C@H]2CCc3c(-c4cccc5c4CC[C@@H]5Oc4nc(OC)c(CNC[C@@H](O)CC(=O)O)cc4Cl)cccc32)c(Cl)cc1CNC[C@@H](O)CC(=O)O.S.S.S.S. The van der Waals surface area contributed by atoms with Crippen LogP contribution in [-0.4, -0.2) is 81.8 Å². The smallest absolute Gasteiger partial charge is 0.306 e. The van der Waals surface area contributed by atoms with E-state index in [4.69, 9.17) is 52.4 Å². The van der Waals surface area contributed by atoms with Crippen molar-refractivity contribution >= 4 is 89.1 Å². The number of benzene rings is 2. The zero-order chi connectivity index (χ0) is 39.9. The topological polar surface area (TPSA) is 202 Å². The molecule has 0 aliphatic heterocycles. The fourth-order valence-electron chi connectivity index (χ4n) is 7.31. The second-order valence-electron chi connectivity index (χ2n) is 13.7. The summed E-state index contributed by atoms with van der Waals surface area (Å²) in [5, 5.41) is 44.2. The second-order valence-corrected chi connectivity index (χ2v) is 14.5. The van der Waals surface area contributed by atoms with Crippen LogP contribution in [0.5, 0.6) is 23.5 Å². The predicted octanol–water partition coefficient (Wildman–Crippen LogP) is 5.90. The molecule has 0 unspecified atom stereocenters. The van der Waals surface area contributed by atoms with Gasteiger partial charge in [-0.3, -0.25) is 9.59 Å². The van der Waals surface area contributed by atoms with Crippen molar-refractivity contribution in [1.82, 2.24) is 20.6 Å². The largest absolute Gasteiger partial charge is 0.481 e. The number of aliphatic hydroxyl groups excluding tert-OH is 2. The molecule has 0 radical (unpaired) electrons. The number of nitrogens with one attached hydrogen (secondary N) is 2. The number of rotatable bonds is 19. The molecule has 4 aromatic rings. The molecule has 14 nitrogen and oxygen atoms in total. The van der Waals surface area contributed by atoms with Crippen LogP contribution >= 0.6 is 77.2 Å². The first-order chi connectivity index (χ1) is 26.9. The lowest BCUT2D eigenvalue weighted by Crippen LogP contribution is -2.28. The number of fused-ring (bicyclic) bond motifs is 2. The Kier molecular flexibility index (Phi) is 21.5. The fourth-order valence-corrected chi connectivity index (χ4v) is 7.74. The number of aromatic nitrogens is 2. The summed E-state index contributed by atoms with van der Waals surface area (Å²) in [7, 11) is 2.99. The number of aliphatic carboxylic acids is 2. The molecule has 0 amide bonds. The molecule has 2 aliphatic carbocycles. The minimum atomic E-state index is -1.08. The molecule has 6 rings (SSSR count). The Morgan fingerprint density at radius 1 is 0.683 bits per heavy atom. The third-order valence-electron chi connectivity index (χ3n) is 9.79. The number of ether oxygens (including phenoxy) is 4. The molecule has 2 heterocycles. The maximum atomic E-state index is 10.9. The maximum Gasteiger partial charge on any atom is 0.306 e. The molecule has 330 valence electrons. The van der Waals surface area contributed by atoms with Gasteiger partial charge < -0.3 is 50.0 Å². The molecule has 4 atom stereocenters. The van der Waals surface area contributed by atoms with E-state index in [9.17, 15) is 19.8 Å². The average molecular weight is 948 g/mol. The molecule has 0 bridgehead atoms. The van der Waals surface area contributed by atoms with Gasteiger partial charge in [-0.1, -0.05) is 59.6 Å². The van der Waals surface area contributed by atoms with Gasteiger partial charge in [0.1, 0.15) is 22.3 Å². The summed E-state index contributed by atoms with van der Waals surface area (Å²) in [6.07, 6.45) is -0.375. The van der Waals surface area contributed by atoms with Crippen LogP contribution in [0.3, 0.4) is 0 Å². The number of hydrogen-bond donors (Lipinski definition) is 6. The Labute approximate surface area is 386 Å². The first kappa shape index (κ1) is 52.8. The lowest BCUT2D eigenvalue weighted by molar-refractivity contribution is -0.140. The van der Waals surface area contributed by atoms with Crippen molar-refractivity contribution < 1.29 is 49.0 Å². The van der Waals surface area contributed by atoms with E-state index in [0.29, 0.717) is 32.9 Å². The number of carboxylic acid groups (broad SMARTS) is 2. The fraction of sp³-hybridized carbons (Fsp3) is 0.400. The van der Waals surface area contributed by atoms with Gasteiger partial charge in [-0.25, -0.2) is 0 Å². The van der Waals surface area contributed by atoms with Gasteiger partial charge in [-0.2, -0.15) is 64.0 Å². The van der Waals surface area contributed by atoms with E-state index >= 15 is 0 Å². The monoisotopic (exact) mass is 946 g/mol. The quantitative estimate of drug-likeness (QED) is 0.0649. The summed E-state index contributed by atoms with van der Waals surface area (Å²) >= 11 is 13.3. The molecular weight excluding hydrogens is 896 g/mol. The number of carboxylic acids is 2. The number of carbonyl (C=O) groups is 2. The lowest BCUT2D eigenvalue weighted by atomic mass is 9.91. The third kappa shape index (κ3) is 12.9. The van der Waals surface area contributed by atoms with E-state index in [0.717, 1.165) is 47.9 Å². The minimum Gasteiger partial charge on any atom is -0.481 e. The van der Waals surface area contributed by atoms with Gasteiger partial charge in [0.25, 0.3) is 0 Å². The number of pyridine rings is 2. The van der Waals surface area contributed by atoms with Gasteiger partial charge in [0.15, 0.2) is 0 Å². The van der Waals surface area contributed by atoms with E-state index in [-0.39, 0.29) is 117 Å². The Balaban J connectivity index is 0.00000310. The van der Waals surface area contributed by atoms with Crippen LogP contribution in [-0.2, 0) is 35.5 Å². The molecule has 60 heavy (non-hydrogen) atoms. The summed E-state index contributed by atoms with van der Waals surface area (Å²) in [4.78, 5) is 30.8. The minimum absolute atomic E-state index is 0. The molecule has 20 heteroatoms. The molecular formula is C40H52Cl2N4O10S4. The van der Waals surface area contributed by atoms with Gasteiger partial charge in [0.05, 0.1) is 39.3 Å². The van der Waals surface area contributed by atoms with Crippen molar-refractivity contribution in [2.75, 3.05) is 27.3 Å². The number of aliphatic hydroxyl groups is 2. The highest BCUT2D eigenvalue weighted by Crippen LogP contribution is 2.46. The second kappa shape index (κ2) is 24.4. The number of methoxy groups -OCH3 is 2. The zero-order valence-corrected chi connectivity index (χ0v) is 38.4. The van der Waals surface area contributed by atoms with Crippen molar-refractivity contribution in [2.24, 2.45) is 0 Å². The molecule has 0 saturated heterocycles. The highest BCUT2D eigenvalue weighted by atomic mass is 35.5. The van der Waals surface area contributed by atoms with E-state index in [1.807, 2.05) is 12.1 Å². The predicted molar refractivity (Wildman–Crippen MR) is 248 cm³/mol. The van der Waals surface area contributed by atoms with Crippen LogP contribution in [0.15, 0.2) is 48.5 Å². The van der Waals surface area contributed by atoms with Crippen molar-refractivity contribution in [3.8, 4) is 34.6 Å². The summed E-state index contributed by atoms with van der Waals surface area (Å²) in [6, 6.07) is 15.8. The van der Waals surface area contributed by atoms with Crippen molar-refractivity contribution in [2.45, 2.75) is 76.0 Å². The number of hydrogen-bond acceptors (Lipinski definition) is 12. The highest BCUT2D eigenvalue weighted by molar-refractivity contribution is 7.59. The van der Waals surface area contributed by atoms with Gasteiger partial charge in [0, 0.05) is 37.3 Å². The van der Waals surface area contributed by atoms with Crippen LogP contribution in [0.1, 0.15) is 71.3 Å². The molecule has 2 aliphatic rings. The van der Waals surface area contributed by atoms with Gasteiger partial charge in [-0.15, -0.1) is 0 Å². The Hall–Kier alpha value is -3.30. The first-order valence-corrected chi connectivity index (χ1v) is 19.0. The molecule has 0 saturated carbocycles. The summed E-state index contributed by atoms with van der Waals surface area (Å²) < 4.78 is 23.9. The molecule has 0 fully saturated rings. The van der Waals surface area contributed by atoms with Gasteiger partial charge >= 0.3 is 11.9 Å². The zero-order valence-electron chi connectivity index (χ0n) is 32.9. The van der Waals surface area contributed by atoms with E-state index in [1.165, 1.54) is 25.3 Å². The Morgan fingerprint density at radius 2 is 1.07 bits per heavy atom. The van der Waals surface area contributed by atoms with Crippen LogP contribution in [0.2, 0.25) is 10.0 Å².